The number of rotatable bonds is 2. The first kappa shape index (κ1) is 11.7. The van der Waals surface area contributed by atoms with E-state index in [0.717, 1.165) is 35.7 Å². The topological polar surface area (TPSA) is 52.0 Å². The fourth-order valence-electron chi connectivity index (χ4n) is 2.90. The zero-order valence-corrected chi connectivity index (χ0v) is 10.9. The van der Waals surface area contributed by atoms with Crippen molar-refractivity contribution in [2.75, 3.05) is 0 Å². The number of hydrogen-bond donors (Lipinski definition) is 1. The summed E-state index contributed by atoms with van der Waals surface area (Å²) in [6, 6.07) is 7.87. The van der Waals surface area contributed by atoms with Gasteiger partial charge in [0.1, 0.15) is 5.52 Å². The lowest BCUT2D eigenvalue weighted by Crippen LogP contribution is -2.40. The van der Waals surface area contributed by atoms with E-state index in [0.29, 0.717) is 0 Å². The number of aromatic nitrogens is 1. The van der Waals surface area contributed by atoms with Crippen molar-refractivity contribution in [1.29, 1.82) is 0 Å². The first-order chi connectivity index (χ1) is 8.71. The molecule has 3 rings (SSSR count). The van der Waals surface area contributed by atoms with Crippen LogP contribution in [0.15, 0.2) is 28.7 Å². The van der Waals surface area contributed by atoms with Gasteiger partial charge in [-0.2, -0.15) is 0 Å². The van der Waals surface area contributed by atoms with Crippen molar-refractivity contribution in [1.82, 2.24) is 4.98 Å². The smallest absolute Gasteiger partial charge is 0.215 e. The Morgan fingerprint density at radius 2 is 2.06 bits per heavy atom. The minimum absolute atomic E-state index is 0.356. The fourth-order valence-corrected chi connectivity index (χ4v) is 2.90. The van der Waals surface area contributed by atoms with Crippen LogP contribution >= 0.6 is 0 Å². The number of para-hydroxylation sites is 2. The van der Waals surface area contributed by atoms with Crippen LogP contribution in [0.3, 0.4) is 0 Å². The van der Waals surface area contributed by atoms with Crippen molar-refractivity contribution in [2.24, 2.45) is 11.7 Å². The lowest BCUT2D eigenvalue weighted by atomic mass is 9.76. The third kappa shape index (κ3) is 1.93. The van der Waals surface area contributed by atoms with Gasteiger partial charge in [-0.25, -0.2) is 4.98 Å². The number of fused-ring (bicyclic) bond motifs is 1. The van der Waals surface area contributed by atoms with Crippen molar-refractivity contribution in [3.63, 3.8) is 0 Å². The molecule has 0 spiro atoms. The fraction of sp³-hybridized carbons (Fsp3) is 0.533. The minimum Gasteiger partial charge on any atom is -0.439 e. The van der Waals surface area contributed by atoms with E-state index >= 15 is 0 Å². The molecule has 1 aliphatic rings. The Bertz CT molecular complexity index is 505. The summed E-state index contributed by atoms with van der Waals surface area (Å²) in [7, 11) is 0. The first-order valence-corrected chi connectivity index (χ1v) is 6.86. The summed E-state index contributed by atoms with van der Waals surface area (Å²) in [6.07, 6.45) is 5.59. The standard InChI is InChI=1S/C15H20N2O/c1-2-11-7-9-15(16,10-8-11)14-17-12-5-3-4-6-13(12)18-14/h3-6,11H,2,7-10,16H2,1H3. The van der Waals surface area contributed by atoms with Crippen LogP contribution in [-0.4, -0.2) is 4.98 Å². The molecular formula is C15H20N2O. The normalized spacial score (nSPS) is 28.7. The molecule has 0 unspecified atom stereocenters. The molecule has 0 atom stereocenters. The Kier molecular flexibility index (Phi) is 2.86. The zero-order chi connectivity index (χ0) is 12.6. The average molecular weight is 244 g/mol. The van der Waals surface area contributed by atoms with Crippen molar-refractivity contribution >= 4 is 11.1 Å². The monoisotopic (exact) mass is 244 g/mol. The summed E-state index contributed by atoms with van der Waals surface area (Å²) in [5, 5.41) is 0. The lowest BCUT2D eigenvalue weighted by Gasteiger charge is -2.34. The number of benzene rings is 1. The second-order valence-electron chi connectivity index (χ2n) is 5.49. The summed E-state index contributed by atoms with van der Waals surface area (Å²) < 4.78 is 5.84. The molecule has 1 saturated carbocycles. The minimum atomic E-state index is -0.356. The van der Waals surface area contributed by atoms with Gasteiger partial charge < -0.3 is 10.2 Å². The van der Waals surface area contributed by atoms with E-state index in [-0.39, 0.29) is 5.54 Å². The molecule has 1 aromatic heterocycles. The van der Waals surface area contributed by atoms with E-state index in [4.69, 9.17) is 10.2 Å². The molecule has 0 amide bonds. The molecule has 2 aromatic rings. The van der Waals surface area contributed by atoms with Crippen LogP contribution in [0.2, 0.25) is 0 Å². The highest BCUT2D eigenvalue weighted by Gasteiger charge is 2.36. The number of hydrogen-bond acceptors (Lipinski definition) is 3. The molecule has 0 saturated heterocycles. The molecule has 1 aliphatic carbocycles. The molecule has 18 heavy (non-hydrogen) atoms. The Morgan fingerprint density at radius 1 is 1.33 bits per heavy atom. The second-order valence-corrected chi connectivity index (χ2v) is 5.49. The van der Waals surface area contributed by atoms with Gasteiger partial charge >= 0.3 is 0 Å². The van der Waals surface area contributed by atoms with Gasteiger partial charge in [0.05, 0.1) is 5.54 Å². The molecule has 2 N–H and O–H groups in total. The maximum Gasteiger partial charge on any atom is 0.215 e. The summed E-state index contributed by atoms with van der Waals surface area (Å²) in [6.45, 7) is 2.26. The van der Waals surface area contributed by atoms with E-state index in [1.165, 1.54) is 19.3 Å². The summed E-state index contributed by atoms with van der Waals surface area (Å²) in [4.78, 5) is 4.57. The maximum absolute atomic E-state index is 6.50. The molecule has 96 valence electrons. The van der Waals surface area contributed by atoms with Crippen molar-refractivity contribution < 1.29 is 4.42 Å². The molecular weight excluding hydrogens is 224 g/mol. The van der Waals surface area contributed by atoms with Crippen LogP contribution < -0.4 is 5.73 Å². The van der Waals surface area contributed by atoms with E-state index in [2.05, 4.69) is 11.9 Å². The average Bonchev–Trinajstić information content (AvgIpc) is 2.84. The molecule has 1 aromatic carbocycles. The van der Waals surface area contributed by atoms with E-state index < -0.39 is 0 Å². The second kappa shape index (κ2) is 4.39. The lowest BCUT2D eigenvalue weighted by molar-refractivity contribution is 0.198. The Morgan fingerprint density at radius 3 is 2.72 bits per heavy atom. The Hall–Kier alpha value is -1.35. The quantitative estimate of drug-likeness (QED) is 0.878. The van der Waals surface area contributed by atoms with Crippen LogP contribution in [0.1, 0.15) is 44.9 Å². The molecule has 1 heterocycles. The van der Waals surface area contributed by atoms with Crippen LogP contribution in [0.25, 0.3) is 11.1 Å². The van der Waals surface area contributed by atoms with Gasteiger partial charge in [-0.1, -0.05) is 25.5 Å². The van der Waals surface area contributed by atoms with E-state index in [1.807, 2.05) is 24.3 Å². The van der Waals surface area contributed by atoms with Gasteiger partial charge in [0.2, 0.25) is 5.89 Å². The van der Waals surface area contributed by atoms with E-state index in [9.17, 15) is 0 Å². The Labute approximate surface area is 107 Å². The molecule has 0 aliphatic heterocycles. The molecule has 0 bridgehead atoms. The van der Waals surface area contributed by atoms with Gasteiger partial charge in [0.15, 0.2) is 5.58 Å². The van der Waals surface area contributed by atoms with Gasteiger partial charge in [-0.3, -0.25) is 0 Å². The van der Waals surface area contributed by atoms with Gasteiger partial charge in [0, 0.05) is 0 Å². The Balaban J connectivity index is 1.89. The van der Waals surface area contributed by atoms with Gasteiger partial charge in [-0.15, -0.1) is 0 Å². The SMILES string of the molecule is CCC1CCC(N)(c2nc3ccccc3o2)CC1. The van der Waals surface area contributed by atoms with Crippen molar-refractivity contribution in [3.05, 3.63) is 30.2 Å². The number of nitrogens with two attached hydrogens (primary N) is 1. The van der Waals surface area contributed by atoms with Crippen molar-refractivity contribution in [2.45, 2.75) is 44.6 Å². The van der Waals surface area contributed by atoms with Crippen LogP contribution in [0.5, 0.6) is 0 Å². The zero-order valence-electron chi connectivity index (χ0n) is 10.9. The molecule has 3 heteroatoms. The highest BCUT2D eigenvalue weighted by molar-refractivity contribution is 5.72. The maximum atomic E-state index is 6.50. The summed E-state index contributed by atoms with van der Waals surface area (Å²) in [5.41, 5.74) is 7.90. The van der Waals surface area contributed by atoms with Crippen molar-refractivity contribution in [3.8, 4) is 0 Å². The molecule has 0 radical (unpaired) electrons. The van der Waals surface area contributed by atoms with E-state index in [1.54, 1.807) is 0 Å². The third-order valence-electron chi connectivity index (χ3n) is 4.29. The summed E-state index contributed by atoms with van der Waals surface area (Å²) in [5.74, 6) is 1.55. The predicted octanol–water partition coefficient (Wildman–Crippen LogP) is 3.58. The number of nitrogens with zero attached hydrogens (tertiary/aromatic N) is 1. The first-order valence-electron chi connectivity index (χ1n) is 6.86. The molecule has 1 fully saturated rings. The van der Waals surface area contributed by atoms with Crippen LogP contribution in [-0.2, 0) is 5.54 Å². The number of oxazole rings is 1. The van der Waals surface area contributed by atoms with Gasteiger partial charge in [-0.05, 0) is 43.7 Å². The third-order valence-corrected chi connectivity index (χ3v) is 4.29. The summed E-state index contributed by atoms with van der Waals surface area (Å²) >= 11 is 0. The highest BCUT2D eigenvalue weighted by atomic mass is 16.4. The largest absolute Gasteiger partial charge is 0.439 e. The van der Waals surface area contributed by atoms with Crippen LogP contribution in [0.4, 0.5) is 0 Å². The van der Waals surface area contributed by atoms with Gasteiger partial charge in [0.25, 0.3) is 0 Å². The highest BCUT2D eigenvalue weighted by Crippen LogP contribution is 2.39. The predicted molar refractivity (Wildman–Crippen MR) is 72.1 cm³/mol. The van der Waals surface area contributed by atoms with Crippen LogP contribution in [0, 0.1) is 5.92 Å². The molecule has 3 nitrogen and oxygen atoms in total.